The lowest BCUT2D eigenvalue weighted by Gasteiger charge is -2.17. The second-order valence-corrected chi connectivity index (χ2v) is 5.95. The fraction of sp³-hybridized carbons (Fsp3) is 0.438. The minimum absolute atomic E-state index is 0.121. The molecule has 2 aromatic rings. The molecule has 0 radical (unpaired) electrons. The van der Waals surface area contributed by atoms with Crippen LogP contribution in [0.5, 0.6) is 0 Å². The summed E-state index contributed by atoms with van der Waals surface area (Å²) in [5.41, 5.74) is 1.82. The van der Waals surface area contributed by atoms with Gasteiger partial charge in [-0.05, 0) is 31.5 Å². The Bertz CT molecular complexity index is 539. The van der Waals surface area contributed by atoms with Crippen molar-refractivity contribution in [2.24, 2.45) is 0 Å². The van der Waals surface area contributed by atoms with E-state index in [1.54, 1.807) is 17.4 Å². The largest absolute Gasteiger partial charge is 0.316 e. The van der Waals surface area contributed by atoms with Crippen molar-refractivity contribution in [2.45, 2.75) is 32.6 Å². The topological polar surface area (TPSA) is 24.9 Å². The van der Waals surface area contributed by atoms with Gasteiger partial charge in [0.1, 0.15) is 5.82 Å². The monoisotopic (exact) mass is 292 g/mol. The zero-order valence-corrected chi connectivity index (χ0v) is 12.8. The Kier molecular flexibility index (Phi) is 5.68. The first-order chi connectivity index (χ1) is 9.70. The van der Waals surface area contributed by atoms with Gasteiger partial charge in [-0.3, -0.25) is 0 Å². The fourth-order valence-electron chi connectivity index (χ4n) is 2.26. The van der Waals surface area contributed by atoms with Gasteiger partial charge in [-0.15, -0.1) is 11.3 Å². The Morgan fingerprint density at radius 2 is 2.15 bits per heavy atom. The summed E-state index contributed by atoms with van der Waals surface area (Å²) in [5, 5.41) is 6.52. The number of halogens is 1. The molecule has 1 unspecified atom stereocenters. The zero-order chi connectivity index (χ0) is 14.4. The molecule has 0 fully saturated rings. The summed E-state index contributed by atoms with van der Waals surface area (Å²) in [6, 6.07) is 7.06. The Balaban J connectivity index is 2.13. The minimum Gasteiger partial charge on any atom is -0.316 e. The lowest BCUT2D eigenvalue weighted by molar-refractivity contribution is 0.536. The summed E-state index contributed by atoms with van der Waals surface area (Å²) in [6.07, 6.45) is 1.87. The molecule has 1 aromatic carbocycles. The molecule has 1 N–H and O–H groups in total. The first kappa shape index (κ1) is 15.1. The van der Waals surface area contributed by atoms with E-state index in [2.05, 4.69) is 17.2 Å². The van der Waals surface area contributed by atoms with Crippen molar-refractivity contribution in [3.8, 4) is 0 Å². The van der Waals surface area contributed by atoms with Crippen LogP contribution in [0.2, 0.25) is 0 Å². The molecule has 1 heterocycles. The third kappa shape index (κ3) is 4.12. The summed E-state index contributed by atoms with van der Waals surface area (Å²) in [4.78, 5) is 4.50. The third-order valence-electron chi connectivity index (χ3n) is 3.25. The van der Waals surface area contributed by atoms with Gasteiger partial charge in [-0.2, -0.15) is 0 Å². The van der Waals surface area contributed by atoms with E-state index in [9.17, 15) is 4.39 Å². The van der Waals surface area contributed by atoms with E-state index in [-0.39, 0.29) is 11.7 Å². The number of aryl methyl sites for hydroxylation is 1. The molecule has 1 atom stereocenters. The first-order valence-electron chi connectivity index (χ1n) is 7.06. The summed E-state index contributed by atoms with van der Waals surface area (Å²) >= 11 is 1.66. The van der Waals surface area contributed by atoms with Crippen molar-refractivity contribution >= 4 is 11.3 Å². The van der Waals surface area contributed by atoms with Gasteiger partial charge in [0.15, 0.2) is 0 Å². The molecule has 108 valence electrons. The number of hydrogen-bond donors (Lipinski definition) is 1. The molecule has 4 heteroatoms. The van der Waals surface area contributed by atoms with Crippen LogP contribution >= 0.6 is 11.3 Å². The highest BCUT2D eigenvalue weighted by molar-refractivity contribution is 7.09. The van der Waals surface area contributed by atoms with Gasteiger partial charge in [-0.1, -0.05) is 25.1 Å². The lowest BCUT2D eigenvalue weighted by atomic mass is 9.95. The molecule has 0 saturated carbocycles. The molecule has 2 rings (SSSR count). The number of aromatic nitrogens is 1. The molecular formula is C16H21FN2S. The Morgan fingerprint density at radius 3 is 2.80 bits per heavy atom. The van der Waals surface area contributed by atoms with Gasteiger partial charge in [0.25, 0.3) is 0 Å². The second-order valence-electron chi connectivity index (χ2n) is 5.01. The van der Waals surface area contributed by atoms with E-state index in [0.29, 0.717) is 0 Å². The van der Waals surface area contributed by atoms with Gasteiger partial charge in [0.2, 0.25) is 0 Å². The SMILES string of the molecule is CCCNCC(Cc1nc(C)cs1)c1ccccc1F. The van der Waals surface area contributed by atoms with Crippen molar-refractivity contribution in [2.75, 3.05) is 13.1 Å². The highest BCUT2D eigenvalue weighted by atomic mass is 32.1. The summed E-state index contributed by atoms with van der Waals surface area (Å²) in [5.74, 6) is 0.0115. The van der Waals surface area contributed by atoms with Crippen molar-refractivity contribution in [3.63, 3.8) is 0 Å². The first-order valence-corrected chi connectivity index (χ1v) is 7.94. The van der Waals surface area contributed by atoms with Gasteiger partial charge in [0, 0.05) is 30.0 Å². The molecular weight excluding hydrogens is 271 g/mol. The van der Waals surface area contributed by atoms with Crippen LogP contribution < -0.4 is 5.32 Å². The van der Waals surface area contributed by atoms with Crippen molar-refractivity contribution in [1.29, 1.82) is 0 Å². The third-order valence-corrected chi connectivity index (χ3v) is 4.24. The van der Waals surface area contributed by atoms with Gasteiger partial charge >= 0.3 is 0 Å². The fourth-order valence-corrected chi connectivity index (χ4v) is 3.11. The molecule has 20 heavy (non-hydrogen) atoms. The molecule has 0 spiro atoms. The van der Waals surface area contributed by atoms with Crippen LogP contribution in [0.3, 0.4) is 0 Å². The van der Waals surface area contributed by atoms with E-state index < -0.39 is 0 Å². The molecule has 0 aliphatic heterocycles. The minimum atomic E-state index is -0.121. The molecule has 1 aromatic heterocycles. The van der Waals surface area contributed by atoms with Gasteiger partial charge in [-0.25, -0.2) is 9.37 Å². The van der Waals surface area contributed by atoms with E-state index in [4.69, 9.17) is 0 Å². The van der Waals surface area contributed by atoms with Crippen LogP contribution in [0.15, 0.2) is 29.6 Å². The molecule has 0 aliphatic rings. The van der Waals surface area contributed by atoms with Crippen LogP contribution in [0.4, 0.5) is 4.39 Å². The van der Waals surface area contributed by atoms with Crippen molar-refractivity contribution < 1.29 is 4.39 Å². The number of benzene rings is 1. The molecule has 0 amide bonds. The average Bonchev–Trinajstić information content (AvgIpc) is 2.84. The quantitative estimate of drug-likeness (QED) is 0.782. The normalized spacial score (nSPS) is 12.6. The Morgan fingerprint density at radius 1 is 1.35 bits per heavy atom. The number of thiazole rings is 1. The molecule has 0 bridgehead atoms. The maximum Gasteiger partial charge on any atom is 0.126 e. The number of nitrogens with one attached hydrogen (secondary N) is 1. The zero-order valence-electron chi connectivity index (χ0n) is 12.0. The summed E-state index contributed by atoms with van der Waals surface area (Å²) < 4.78 is 14.0. The molecule has 0 aliphatic carbocycles. The summed E-state index contributed by atoms with van der Waals surface area (Å²) in [6.45, 7) is 5.87. The predicted octanol–water partition coefficient (Wildman–Crippen LogP) is 3.92. The van der Waals surface area contributed by atoms with Crippen LogP contribution in [-0.2, 0) is 6.42 Å². The molecule has 2 nitrogen and oxygen atoms in total. The lowest BCUT2D eigenvalue weighted by Crippen LogP contribution is -2.24. The highest BCUT2D eigenvalue weighted by Gasteiger charge is 2.17. The number of nitrogens with zero attached hydrogens (tertiary/aromatic N) is 1. The van der Waals surface area contributed by atoms with Crippen molar-refractivity contribution in [1.82, 2.24) is 10.3 Å². The summed E-state index contributed by atoms with van der Waals surface area (Å²) in [7, 11) is 0. The van der Waals surface area contributed by atoms with Crippen LogP contribution in [0, 0.1) is 12.7 Å². The highest BCUT2D eigenvalue weighted by Crippen LogP contribution is 2.24. The second kappa shape index (κ2) is 7.50. The maximum absolute atomic E-state index is 14.0. The van der Waals surface area contributed by atoms with E-state index >= 15 is 0 Å². The average molecular weight is 292 g/mol. The van der Waals surface area contributed by atoms with Crippen LogP contribution in [0.25, 0.3) is 0 Å². The Hall–Kier alpha value is -1.26. The van der Waals surface area contributed by atoms with E-state index in [1.165, 1.54) is 6.07 Å². The Labute approximate surface area is 124 Å². The van der Waals surface area contributed by atoms with Gasteiger partial charge < -0.3 is 5.32 Å². The van der Waals surface area contributed by atoms with Crippen LogP contribution in [-0.4, -0.2) is 18.1 Å². The van der Waals surface area contributed by atoms with Crippen LogP contribution in [0.1, 0.15) is 35.5 Å². The standard InChI is InChI=1S/C16H21FN2S/c1-3-8-18-10-13(9-16-19-12(2)11-20-16)14-6-4-5-7-15(14)17/h4-7,11,13,18H,3,8-10H2,1-2H3. The molecule has 0 saturated heterocycles. The maximum atomic E-state index is 14.0. The van der Waals surface area contributed by atoms with Gasteiger partial charge in [0.05, 0.1) is 5.01 Å². The van der Waals surface area contributed by atoms with Crippen molar-refractivity contribution in [3.05, 3.63) is 51.7 Å². The van der Waals surface area contributed by atoms with E-state index in [1.807, 2.05) is 24.4 Å². The van der Waals surface area contributed by atoms with E-state index in [0.717, 1.165) is 42.2 Å². The predicted molar refractivity (Wildman–Crippen MR) is 82.9 cm³/mol. The smallest absolute Gasteiger partial charge is 0.126 e. The number of hydrogen-bond acceptors (Lipinski definition) is 3. The number of rotatable bonds is 7.